The van der Waals surface area contributed by atoms with Gasteiger partial charge >= 0.3 is 12.1 Å². The molecule has 0 radical (unpaired) electrons. The molecule has 0 aliphatic heterocycles. The van der Waals surface area contributed by atoms with Crippen LogP contribution in [0.15, 0.2) is 0 Å². The number of aliphatic hydroxyl groups is 1. The SMILES string of the molecule is CC(C)(C)OC(=O)ON([C@H](CO)C(=O)O)C(C)(C)C. The first-order chi connectivity index (χ1) is 8.38. The topological polar surface area (TPSA) is 96.3 Å². The van der Waals surface area contributed by atoms with Crippen molar-refractivity contribution in [2.45, 2.75) is 58.7 Å². The van der Waals surface area contributed by atoms with Crippen molar-refractivity contribution in [3.8, 4) is 0 Å². The Kier molecular flexibility index (Phi) is 5.77. The molecule has 112 valence electrons. The Hall–Kier alpha value is -1.34. The highest BCUT2D eigenvalue weighted by Crippen LogP contribution is 2.20. The molecule has 19 heavy (non-hydrogen) atoms. The Morgan fingerprint density at radius 2 is 1.63 bits per heavy atom. The van der Waals surface area contributed by atoms with Gasteiger partial charge in [0, 0.05) is 5.54 Å². The molecule has 0 aliphatic carbocycles. The van der Waals surface area contributed by atoms with Gasteiger partial charge in [0.05, 0.1) is 6.61 Å². The van der Waals surface area contributed by atoms with Gasteiger partial charge in [0.1, 0.15) is 5.60 Å². The van der Waals surface area contributed by atoms with Gasteiger partial charge in [-0.05, 0) is 41.5 Å². The summed E-state index contributed by atoms with van der Waals surface area (Å²) in [6.45, 7) is 9.27. The van der Waals surface area contributed by atoms with E-state index in [1.54, 1.807) is 41.5 Å². The molecule has 0 heterocycles. The lowest BCUT2D eigenvalue weighted by atomic mass is 10.1. The first kappa shape index (κ1) is 17.7. The van der Waals surface area contributed by atoms with Crippen LogP contribution in [0, 0.1) is 0 Å². The standard InChI is InChI=1S/C12H23NO6/c1-11(2,3)13(8(7-14)9(15)16)19-10(17)18-12(4,5)6/h8,14H,7H2,1-6H3,(H,15,16)/t8-/m1/s1. The van der Waals surface area contributed by atoms with Crippen molar-refractivity contribution < 1.29 is 29.4 Å². The number of carbonyl (C=O) groups is 2. The molecular formula is C12H23NO6. The molecule has 7 heteroatoms. The maximum Gasteiger partial charge on any atom is 0.528 e. The molecule has 0 aromatic rings. The molecule has 0 fully saturated rings. The first-order valence-electron chi connectivity index (χ1n) is 5.92. The normalized spacial score (nSPS) is 14.1. The fraction of sp³-hybridized carbons (Fsp3) is 0.833. The van der Waals surface area contributed by atoms with Crippen LogP contribution in [0.25, 0.3) is 0 Å². The van der Waals surface area contributed by atoms with Gasteiger partial charge in [-0.1, -0.05) is 0 Å². The number of ether oxygens (including phenoxy) is 1. The Labute approximate surface area is 113 Å². The van der Waals surface area contributed by atoms with E-state index in [1.165, 1.54) is 0 Å². The summed E-state index contributed by atoms with van der Waals surface area (Å²) in [5, 5.41) is 19.1. The maximum absolute atomic E-state index is 11.6. The lowest BCUT2D eigenvalue weighted by molar-refractivity contribution is -0.221. The number of hydroxylamine groups is 2. The summed E-state index contributed by atoms with van der Waals surface area (Å²) in [4.78, 5) is 27.6. The molecule has 0 spiro atoms. The zero-order chi connectivity index (χ0) is 15.4. The Morgan fingerprint density at radius 3 is 1.89 bits per heavy atom. The molecule has 0 rings (SSSR count). The Balaban J connectivity index is 4.99. The van der Waals surface area contributed by atoms with Crippen LogP contribution in [0.2, 0.25) is 0 Å². The van der Waals surface area contributed by atoms with E-state index in [2.05, 4.69) is 0 Å². The van der Waals surface area contributed by atoms with Gasteiger partial charge in [0.15, 0.2) is 6.04 Å². The highest BCUT2D eigenvalue weighted by molar-refractivity contribution is 5.74. The van der Waals surface area contributed by atoms with Crippen molar-refractivity contribution in [1.82, 2.24) is 5.06 Å². The molecule has 0 aliphatic rings. The molecule has 1 atom stereocenters. The minimum Gasteiger partial charge on any atom is -0.480 e. The summed E-state index contributed by atoms with van der Waals surface area (Å²) in [5.74, 6) is -1.29. The third kappa shape index (κ3) is 6.40. The highest BCUT2D eigenvalue weighted by atomic mass is 16.8. The van der Waals surface area contributed by atoms with E-state index < -0.39 is 35.9 Å². The van der Waals surface area contributed by atoms with E-state index in [0.29, 0.717) is 0 Å². The summed E-state index contributed by atoms with van der Waals surface area (Å²) in [5.41, 5.74) is -1.55. The molecule has 0 bridgehead atoms. The second-order valence-corrected chi connectivity index (χ2v) is 6.09. The summed E-state index contributed by atoms with van der Waals surface area (Å²) < 4.78 is 4.96. The molecule has 0 saturated carbocycles. The van der Waals surface area contributed by atoms with Crippen molar-refractivity contribution in [3.05, 3.63) is 0 Å². The smallest absolute Gasteiger partial charge is 0.480 e. The zero-order valence-corrected chi connectivity index (χ0v) is 12.3. The van der Waals surface area contributed by atoms with Gasteiger partial charge in [-0.25, -0.2) is 4.79 Å². The minimum absolute atomic E-state index is 0.685. The van der Waals surface area contributed by atoms with Crippen molar-refractivity contribution in [3.63, 3.8) is 0 Å². The monoisotopic (exact) mass is 277 g/mol. The summed E-state index contributed by atoms with van der Waals surface area (Å²) in [7, 11) is 0. The average molecular weight is 277 g/mol. The van der Waals surface area contributed by atoms with Gasteiger partial charge in [-0.15, -0.1) is 5.06 Å². The predicted octanol–water partition coefficient (Wildman–Crippen LogP) is 1.40. The number of aliphatic hydroxyl groups excluding tert-OH is 1. The first-order valence-corrected chi connectivity index (χ1v) is 5.92. The molecule has 0 aromatic carbocycles. The van der Waals surface area contributed by atoms with E-state index in [0.717, 1.165) is 5.06 Å². The third-order valence-corrected chi connectivity index (χ3v) is 1.96. The lowest BCUT2D eigenvalue weighted by Gasteiger charge is -2.36. The van der Waals surface area contributed by atoms with Gasteiger partial charge in [-0.2, -0.15) is 0 Å². The fourth-order valence-electron chi connectivity index (χ4n) is 1.27. The molecular weight excluding hydrogens is 254 g/mol. The second kappa shape index (κ2) is 6.21. The second-order valence-electron chi connectivity index (χ2n) is 6.09. The molecule has 0 saturated heterocycles. The summed E-state index contributed by atoms with van der Waals surface area (Å²) in [6, 6.07) is -1.35. The minimum atomic E-state index is -1.35. The van der Waals surface area contributed by atoms with Crippen LogP contribution < -0.4 is 0 Å². The van der Waals surface area contributed by atoms with Crippen LogP contribution in [-0.4, -0.2) is 51.2 Å². The quantitative estimate of drug-likeness (QED) is 0.592. The van der Waals surface area contributed by atoms with Gasteiger partial charge in [0.2, 0.25) is 0 Å². The average Bonchev–Trinajstić information content (AvgIpc) is 2.12. The van der Waals surface area contributed by atoms with Crippen molar-refractivity contribution in [1.29, 1.82) is 0 Å². The predicted molar refractivity (Wildman–Crippen MR) is 67.4 cm³/mol. The van der Waals surface area contributed by atoms with Crippen LogP contribution in [0.1, 0.15) is 41.5 Å². The molecule has 2 N–H and O–H groups in total. The number of hydrogen-bond acceptors (Lipinski definition) is 6. The van der Waals surface area contributed by atoms with Crippen LogP contribution in [0.4, 0.5) is 4.79 Å². The van der Waals surface area contributed by atoms with Crippen molar-refractivity contribution in [2.24, 2.45) is 0 Å². The number of carboxylic acid groups (broad SMARTS) is 1. The number of carboxylic acids is 1. The Bertz CT molecular complexity index is 328. The van der Waals surface area contributed by atoms with E-state index >= 15 is 0 Å². The zero-order valence-electron chi connectivity index (χ0n) is 12.3. The molecule has 7 nitrogen and oxygen atoms in total. The van der Waals surface area contributed by atoms with Gasteiger partial charge in [-0.3, -0.25) is 4.79 Å². The lowest BCUT2D eigenvalue weighted by Crippen LogP contribution is -2.54. The van der Waals surface area contributed by atoms with E-state index in [1.807, 2.05) is 0 Å². The van der Waals surface area contributed by atoms with E-state index in [4.69, 9.17) is 19.8 Å². The summed E-state index contributed by atoms with van der Waals surface area (Å²) in [6.07, 6.45) is -1.01. The Morgan fingerprint density at radius 1 is 1.16 bits per heavy atom. The summed E-state index contributed by atoms with van der Waals surface area (Å²) >= 11 is 0. The third-order valence-electron chi connectivity index (χ3n) is 1.96. The highest BCUT2D eigenvalue weighted by Gasteiger charge is 2.38. The number of carbonyl (C=O) groups excluding carboxylic acids is 1. The number of aliphatic carboxylic acids is 1. The fourth-order valence-corrected chi connectivity index (χ4v) is 1.27. The van der Waals surface area contributed by atoms with Gasteiger partial charge in [0.25, 0.3) is 0 Å². The number of hydrogen-bond donors (Lipinski definition) is 2. The van der Waals surface area contributed by atoms with Gasteiger partial charge < -0.3 is 19.8 Å². The van der Waals surface area contributed by atoms with Crippen molar-refractivity contribution >= 4 is 12.1 Å². The van der Waals surface area contributed by atoms with Crippen LogP contribution in [-0.2, 0) is 14.4 Å². The van der Waals surface area contributed by atoms with E-state index in [-0.39, 0.29) is 0 Å². The molecule has 0 unspecified atom stereocenters. The largest absolute Gasteiger partial charge is 0.528 e. The van der Waals surface area contributed by atoms with Crippen molar-refractivity contribution in [2.75, 3.05) is 6.61 Å². The van der Waals surface area contributed by atoms with Crippen LogP contribution in [0.5, 0.6) is 0 Å². The molecule has 0 aromatic heterocycles. The van der Waals surface area contributed by atoms with Crippen LogP contribution in [0.3, 0.4) is 0 Å². The van der Waals surface area contributed by atoms with Crippen LogP contribution >= 0.6 is 0 Å². The molecule has 0 amide bonds. The van der Waals surface area contributed by atoms with E-state index in [9.17, 15) is 9.59 Å². The number of rotatable bonds is 4. The maximum atomic E-state index is 11.6. The number of nitrogens with zero attached hydrogens (tertiary/aromatic N) is 1.